The van der Waals surface area contributed by atoms with E-state index in [4.69, 9.17) is 27.8 Å². The molecule has 3 heterocycles. The molecule has 0 saturated carbocycles. The molecule has 0 bridgehead atoms. The van der Waals surface area contributed by atoms with Gasteiger partial charge in [0.25, 0.3) is 17.6 Å². The van der Waals surface area contributed by atoms with Crippen molar-refractivity contribution in [2.75, 3.05) is 25.4 Å². The average Bonchev–Trinajstić information content (AvgIpc) is 3.19. The Hall–Kier alpha value is -3.44. The fraction of sp³-hybridized carbons (Fsp3) is 0.458. The van der Waals surface area contributed by atoms with Gasteiger partial charge < -0.3 is 26.4 Å². The maximum Gasteiger partial charge on any atom is 0.277 e. The maximum atomic E-state index is 12.7. The molecule has 0 unspecified atom stereocenters. The molecular formula is C24H32ClN8O3+. The van der Waals surface area contributed by atoms with Crippen LogP contribution < -0.4 is 26.1 Å². The van der Waals surface area contributed by atoms with E-state index in [-0.39, 0.29) is 41.8 Å². The lowest BCUT2D eigenvalue weighted by molar-refractivity contribution is -0.676. The van der Waals surface area contributed by atoms with Gasteiger partial charge in [-0.2, -0.15) is 0 Å². The number of benzene rings is 1. The van der Waals surface area contributed by atoms with Crippen LogP contribution in [0.25, 0.3) is 11.0 Å². The highest BCUT2D eigenvalue weighted by Gasteiger charge is 2.26. The second-order valence-electron chi connectivity index (χ2n) is 8.67. The molecule has 0 radical (unpaired) electrons. The summed E-state index contributed by atoms with van der Waals surface area (Å²) in [6, 6.07) is 5.92. The first kappa shape index (κ1) is 25.6. The third-order valence-electron chi connectivity index (χ3n) is 6.43. The zero-order valence-electron chi connectivity index (χ0n) is 20.5. The van der Waals surface area contributed by atoms with Crippen molar-refractivity contribution < 1.29 is 18.9 Å². The Morgan fingerprint density at radius 1 is 1.28 bits per heavy atom. The summed E-state index contributed by atoms with van der Waals surface area (Å²) in [7, 11) is 0. The molecular weight excluding hydrogens is 484 g/mol. The number of carbonyl (C=O) groups is 2. The highest BCUT2D eigenvalue weighted by atomic mass is 35.5. The first-order valence-corrected chi connectivity index (χ1v) is 12.5. The number of amides is 2. The van der Waals surface area contributed by atoms with Crippen LogP contribution in [0.5, 0.6) is 5.75 Å². The number of piperidine rings is 1. The molecule has 2 amide bonds. The van der Waals surface area contributed by atoms with Crippen molar-refractivity contribution in [1.29, 1.82) is 0 Å². The van der Waals surface area contributed by atoms with Gasteiger partial charge in [0.2, 0.25) is 0 Å². The third kappa shape index (κ3) is 5.36. The summed E-state index contributed by atoms with van der Waals surface area (Å²) in [4.78, 5) is 35.0. The number of nitrogens with two attached hydrogens (primary N) is 2. The SMILES string of the molecule is CCn1c(CNC(=O)c2nc(Cl)cnc2N)[n+](CC)c2ccc(OCC(=O)N3CCC(N)CC3)cc21. The Morgan fingerprint density at radius 2 is 2.03 bits per heavy atom. The highest BCUT2D eigenvalue weighted by molar-refractivity contribution is 6.29. The van der Waals surface area contributed by atoms with Crippen LogP contribution in [0.3, 0.4) is 0 Å². The molecule has 1 saturated heterocycles. The van der Waals surface area contributed by atoms with Crippen LogP contribution in [-0.2, 0) is 24.4 Å². The maximum absolute atomic E-state index is 12.7. The number of carbonyl (C=O) groups excluding carboxylic acids is 2. The van der Waals surface area contributed by atoms with Gasteiger partial charge in [-0.3, -0.25) is 9.59 Å². The van der Waals surface area contributed by atoms with Gasteiger partial charge in [-0.1, -0.05) is 11.6 Å². The first-order chi connectivity index (χ1) is 17.3. The number of imidazole rings is 1. The van der Waals surface area contributed by atoms with Gasteiger partial charge in [0.15, 0.2) is 29.2 Å². The quantitative estimate of drug-likeness (QED) is 0.383. The number of hydrogen-bond acceptors (Lipinski definition) is 7. The van der Waals surface area contributed by atoms with Gasteiger partial charge in [0.1, 0.15) is 17.4 Å². The van der Waals surface area contributed by atoms with Crippen LogP contribution in [-0.4, -0.2) is 57.0 Å². The third-order valence-corrected chi connectivity index (χ3v) is 6.61. The molecule has 4 rings (SSSR count). The number of fused-ring (bicyclic) bond motifs is 1. The van der Waals surface area contributed by atoms with Crippen molar-refractivity contribution in [3.05, 3.63) is 41.1 Å². The molecule has 36 heavy (non-hydrogen) atoms. The van der Waals surface area contributed by atoms with Crippen LogP contribution in [0.4, 0.5) is 5.82 Å². The zero-order valence-corrected chi connectivity index (χ0v) is 21.3. The molecule has 1 aromatic carbocycles. The zero-order chi connectivity index (χ0) is 25.8. The lowest BCUT2D eigenvalue weighted by Crippen LogP contribution is -2.44. The van der Waals surface area contributed by atoms with E-state index in [0.717, 1.165) is 29.7 Å². The molecule has 0 atom stereocenters. The van der Waals surface area contributed by atoms with Crippen molar-refractivity contribution >= 4 is 40.3 Å². The smallest absolute Gasteiger partial charge is 0.277 e. The minimum Gasteiger partial charge on any atom is -0.484 e. The summed E-state index contributed by atoms with van der Waals surface area (Å²) in [5.41, 5.74) is 13.7. The van der Waals surface area contributed by atoms with E-state index in [1.165, 1.54) is 6.20 Å². The van der Waals surface area contributed by atoms with Gasteiger partial charge in [0, 0.05) is 25.2 Å². The van der Waals surface area contributed by atoms with Crippen LogP contribution in [0.15, 0.2) is 24.4 Å². The van der Waals surface area contributed by atoms with Gasteiger partial charge in [0.05, 0.1) is 19.3 Å². The predicted molar refractivity (Wildman–Crippen MR) is 135 cm³/mol. The van der Waals surface area contributed by atoms with Crippen molar-refractivity contribution in [1.82, 2.24) is 24.8 Å². The summed E-state index contributed by atoms with van der Waals surface area (Å²) >= 11 is 5.88. The molecule has 1 aliphatic heterocycles. The van der Waals surface area contributed by atoms with E-state index < -0.39 is 5.91 Å². The second-order valence-corrected chi connectivity index (χ2v) is 9.06. The number of nitrogens with zero attached hydrogens (tertiary/aromatic N) is 5. The molecule has 11 nitrogen and oxygen atoms in total. The van der Waals surface area contributed by atoms with Gasteiger partial charge in [-0.05, 0) is 38.8 Å². The Labute approximate surface area is 214 Å². The predicted octanol–water partition coefficient (Wildman–Crippen LogP) is 1.25. The number of nitrogens with one attached hydrogen (secondary N) is 1. The minimum atomic E-state index is -0.459. The Bertz CT molecular complexity index is 1270. The van der Waals surface area contributed by atoms with Crippen LogP contribution in [0, 0.1) is 0 Å². The summed E-state index contributed by atoms with van der Waals surface area (Å²) in [6.07, 6.45) is 2.92. The van der Waals surface area contributed by atoms with Gasteiger partial charge >= 0.3 is 0 Å². The lowest BCUT2D eigenvalue weighted by atomic mass is 10.1. The van der Waals surface area contributed by atoms with Gasteiger partial charge in [-0.25, -0.2) is 19.1 Å². The Balaban J connectivity index is 1.52. The normalized spacial score (nSPS) is 14.3. The molecule has 2 aromatic heterocycles. The van der Waals surface area contributed by atoms with Crippen molar-refractivity contribution in [3.63, 3.8) is 0 Å². The van der Waals surface area contributed by atoms with Crippen LogP contribution in [0.2, 0.25) is 5.15 Å². The second kappa shape index (κ2) is 11.1. The molecule has 12 heteroatoms. The Morgan fingerprint density at radius 3 is 2.72 bits per heavy atom. The number of hydrogen-bond donors (Lipinski definition) is 3. The molecule has 3 aromatic rings. The van der Waals surface area contributed by atoms with E-state index in [1.807, 2.05) is 32.0 Å². The summed E-state index contributed by atoms with van der Waals surface area (Å²) in [6.45, 7) is 7.00. The molecule has 0 aliphatic carbocycles. The molecule has 5 N–H and O–H groups in total. The van der Waals surface area contributed by atoms with Crippen molar-refractivity contribution in [2.24, 2.45) is 5.73 Å². The topological polar surface area (TPSA) is 145 Å². The summed E-state index contributed by atoms with van der Waals surface area (Å²) < 4.78 is 10.1. The summed E-state index contributed by atoms with van der Waals surface area (Å²) in [5, 5.41) is 2.97. The molecule has 1 aliphatic rings. The number of aryl methyl sites for hydroxylation is 2. The van der Waals surface area contributed by atoms with Crippen molar-refractivity contribution in [2.45, 2.75) is 52.4 Å². The number of rotatable bonds is 8. The number of likely N-dealkylation sites (tertiary alicyclic amines) is 1. The largest absolute Gasteiger partial charge is 0.484 e. The number of ether oxygens (including phenoxy) is 1. The van der Waals surface area contributed by atoms with E-state index in [0.29, 0.717) is 31.9 Å². The van der Waals surface area contributed by atoms with Crippen LogP contribution in [0.1, 0.15) is 43.0 Å². The number of nitrogen functional groups attached to an aromatic ring is 1. The average molecular weight is 516 g/mol. The van der Waals surface area contributed by atoms with E-state index >= 15 is 0 Å². The minimum absolute atomic E-state index is 0.0132. The molecule has 1 fully saturated rings. The van der Waals surface area contributed by atoms with E-state index in [1.54, 1.807) is 4.90 Å². The monoisotopic (exact) mass is 515 g/mol. The number of anilines is 1. The Kier molecular flexibility index (Phi) is 7.90. The van der Waals surface area contributed by atoms with Gasteiger partial charge in [-0.15, -0.1) is 0 Å². The number of halogens is 1. The summed E-state index contributed by atoms with van der Waals surface area (Å²) in [5.74, 6) is 1.02. The van der Waals surface area contributed by atoms with Crippen molar-refractivity contribution in [3.8, 4) is 5.75 Å². The molecule has 192 valence electrons. The highest BCUT2D eigenvalue weighted by Crippen LogP contribution is 2.22. The fourth-order valence-corrected chi connectivity index (χ4v) is 4.66. The fourth-order valence-electron chi connectivity index (χ4n) is 4.53. The number of aromatic nitrogens is 4. The first-order valence-electron chi connectivity index (χ1n) is 12.1. The van der Waals surface area contributed by atoms with E-state index in [9.17, 15) is 9.59 Å². The lowest BCUT2D eigenvalue weighted by Gasteiger charge is -2.30. The van der Waals surface area contributed by atoms with E-state index in [2.05, 4.69) is 24.4 Å². The molecule has 0 spiro atoms. The standard InChI is InChI=1S/C24H31ClN8O3/c1-3-32-17-6-5-16(36-14-21(34)31-9-7-15(26)8-10-31)11-18(17)33(4-2)20(32)13-29-24(35)22-23(27)28-12-19(25)30-22/h5-6,11-12,15H,3-4,7-10,13-14,26H2,1-2H3,(H2-,27,28,29,35)/p+1. The van der Waals surface area contributed by atoms with Crippen LogP contribution >= 0.6 is 11.6 Å².